The Kier molecular flexibility index (Phi) is 10.5. The molecule has 2 N–H and O–H groups in total. The van der Waals surface area contributed by atoms with E-state index in [0.29, 0.717) is 21.5 Å². The molecular weight excluding hydrogens is 620 g/mol. The minimum Gasteiger partial charge on any atom is -0.484 e. The molecule has 0 saturated heterocycles. The Morgan fingerprint density at radius 2 is 1.57 bits per heavy atom. The van der Waals surface area contributed by atoms with Gasteiger partial charge in [0.05, 0.1) is 22.8 Å². The van der Waals surface area contributed by atoms with Crippen LogP contribution in [0.5, 0.6) is 5.75 Å². The molecule has 0 radical (unpaired) electrons. The molecule has 0 fully saturated rings. The molecule has 1 atom stereocenters. The van der Waals surface area contributed by atoms with E-state index in [-0.39, 0.29) is 23.5 Å². The number of nitrogens with one attached hydrogen (secondary N) is 2. The second-order valence-corrected chi connectivity index (χ2v) is 11.9. The van der Waals surface area contributed by atoms with Crippen molar-refractivity contribution < 1.29 is 22.7 Å². The van der Waals surface area contributed by atoms with E-state index in [9.17, 15) is 18.0 Å². The number of carbonyl (C=O) groups excluding carboxylic acids is 2. The summed E-state index contributed by atoms with van der Waals surface area (Å²) in [5.74, 6) is -0.373. The van der Waals surface area contributed by atoms with Crippen molar-refractivity contribution in [3.05, 3.63) is 125 Å². The predicted octanol–water partition coefficient (Wildman–Crippen LogP) is 5.05. The number of ether oxygens (including phenoxy) is 1. The first-order chi connectivity index (χ1) is 20.2. The number of amides is 2. The maximum absolute atomic E-state index is 13.4. The van der Waals surface area contributed by atoms with Gasteiger partial charge in [0, 0.05) is 4.47 Å². The summed E-state index contributed by atoms with van der Waals surface area (Å²) < 4.78 is 34.0. The van der Waals surface area contributed by atoms with Gasteiger partial charge in [0.25, 0.3) is 21.8 Å². The van der Waals surface area contributed by atoms with Gasteiger partial charge in [-0.1, -0.05) is 70.5 Å². The van der Waals surface area contributed by atoms with Crippen LogP contribution >= 0.6 is 15.9 Å². The average molecular weight is 650 g/mol. The van der Waals surface area contributed by atoms with Crippen molar-refractivity contribution in [1.29, 1.82) is 0 Å². The van der Waals surface area contributed by atoms with Crippen molar-refractivity contribution in [1.82, 2.24) is 10.7 Å². The van der Waals surface area contributed by atoms with E-state index < -0.39 is 22.5 Å². The Morgan fingerprint density at radius 3 is 2.24 bits per heavy atom. The number of rotatable bonds is 12. The quantitative estimate of drug-likeness (QED) is 0.165. The number of anilines is 1. The molecule has 42 heavy (non-hydrogen) atoms. The highest BCUT2D eigenvalue weighted by Gasteiger charge is 2.27. The highest BCUT2D eigenvalue weighted by molar-refractivity contribution is 9.10. The van der Waals surface area contributed by atoms with Gasteiger partial charge >= 0.3 is 0 Å². The van der Waals surface area contributed by atoms with Gasteiger partial charge in [-0.05, 0) is 72.6 Å². The second-order valence-electron chi connectivity index (χ2n) is 9.16. The van der Waals surface area contributed by atoms with E-state index in [2.05, 4.69) is 31.8 Å². The van der Waals surface area contributed by atoms with Gasteiger partial charge in [0.2, 0.25) is 0 Å². The lowest BCUT2D eigenvalue weighted by Gasteiger charge is -2.23. The molecule has 11 heteroatoms. The Labute approximate surface area is 253 Å². The zero-order chi connectivity index (χ0) is 30.0. The summed E-state index contributed by atoms with van der Waals surface area (Å²) in [6, 6.07) is 30.9. The van der Waals surface area contributed by atoms with Crippen LogP contribution < -0.4 is 19.8 Å². The third-order valence-corrected chi connectivity index (χ3v) is 8.33. The van der Waals surface area contributed by atoms with E-state index >= 15 is 0 Å². The van der Waals surface area contributed by atoms with Gasteiger partial charge in [0.1, 0.15) is 12.3 Å². The van der Waals surface area contributed by atoms with E-state index in [1.54, 1.807) is 66.7 Å². The Balaban J connectivity index is 1.32. The molecular formula is C31H29BrN4O5S. The summed E-state index contributed by atoms with van der Waals surface area (Å²) in [6.07, 6.45) is 1.42. The zero-order valence-corrected chi connectivity index (χ0v) is 25.1. The van der Waals surface area contributed by atoms with Crippen LogP contribution in [0.25, 0.3) is 0 Å². The van der Waals surface area contributed by atoms with Crippen molar-refractivity contribution in [2.24, 2.45) is 5.10 Å². The lowest BCUT2D eigenvalue weighted by atomic mass is 10.1. The number of hydrazone groups is 1. The summed E-state index contributed by atoms with van der Waals surface area (Å²) in [7, 11) is -4.02. The van der Waals surface area contributed by atoms with Crippen LogP contribution in [0.3, 0.4) is 0 Å². The summed E-state index contributed by atoms with van der Waals surface area (Å²) in [5.41, 5.74) is 4.37. The predicted molar refractivity (Wildman–Crippen MR) is 166 cm³/mol. The van der Waals surface area contributed by atoms with Crippen LogP contribution in [0.15, 0.2) is 124 Å². The summed E-state index contributed by atoms with van der Waals surface area (Å²) >= 11 is 3.35. The van der Waals surface area contributed by atoms with Crippen LogP contribution in [0.2, 0.25) is 0 Å². The van der Waals surface area contributed by atoms with E-state index in [4.69, 9.17) is 4.74 Å². The fourth-order valence-electron chi connectivity index (χ4n) is 3.92. The van der Waals surface area contributed by atoms with E-state index in [1.165, 1.54) is 18.3 Å². The first kappa shape index (κ1) is 30.5. The first-order valence-corrected chi connectivity index (χ1v) is 15.2. The molecule has 4 aromatic carbocycles. The number of benzene rings is 4. The molecule has 4 rings (SSSR count). The van der Waals surface area contributed by atoms with Gasteiger partial charge in [-0.25, -0.2) is 13.8 Å². The van der Waals surface area contributed by atoms with Crippen molar-refractivity contribution in [3.8, 4) is 5.75 Å². The molecule has 0 aliphatic heterocycles. The third kappa shape index (κ3) is 8.51. The SMILES string of the molecule is C[C@@H](NC(=O)COc1ccc(/C=N\NC(=O)CN(c2cccc(Br)c2)S(=O)(=O)c2ccccc2)cc1)c1ccccc1. The zero-order valence-electron chi connectivity index (χ0n) is 22.7. The number of halogens is 1. The number of carbonyl (C=O) groups is 2. The monoisotopic (exact) mass is 648 g/mol. The molecule has 2 amide bonds. The summed E-state index contributed by atoms with van der Waals surface area (Å²) in [5, 5.41) is 6.86. The Morgan fingerprint density at radius 1 is 0.905 bits per heavy atom. The maximum Gasteiger partial charge on any atom is 0.264 e. The largest absolute Gasteiger partial charge is 0.484 e. The van der Waals surface area contributed by atoms with E-state index in [1.807, 2.05) is 37.3 Å². The van der Waals surface area contributed by atoms with Crippen LogP contribution in [0.1, 0.15) is 24.1 Å². The number of hydrogen-bond donors (Lipinski definition) is 2. The summed E-state index contributed by atoms with van der Waals surface area (Å²) in [6.45, 7) is 1.28. The second kappa shape index (κ2) is 14.4. The fourth-order valence-corrected chi connectivity index (χ4v) is 5.74. The van der Waals surface area contributed by atoms with Crippen molar-refractivity contribution in [2.75, 3.05) is 17.5 Å². The Bertz CT molecular complexity index is 1630. The minimum atomic E-state index is -4.02. The van der Waals surface area contributed by atoms with E-state index in [0.717, 1.165) is 9.87 Å². The molecule has 9 nitrogen and oxygen atoms in total. The molecule has 0 heterocycles. The number of nitrogens with zero attached hydrogens (tertiary/aromatic N) is 2. The fraction of sp³-hybridized carbons (Fsp3) is 0.129. The molecule has 0 aromatic heterocycles. The molecule has 0 unspecified atom stereocenters. The normalized spacial score (nSPS) is 12.0. The minimum absolute atomic E-state index is 0.0618. The van der Waals surface area contributed by atoms with Crippen LogP contribution in [-0.4, -0.2) is 39.6 Å². The smallest absolute Gasteiger partial charge is 0.264 e. The topological polar surface area (TPSA) is 117 Å². The number of sulfonamides is 1. The highest BCUT2D eigenvalue weighted by Crippen LogP contribution is 2.26. The molecule has 216 valence electrons. The third-order valence-electron chi connectivity index (χ3n) is 6.04. The highest BCUT2D eigenvalue weighted by atomic mass is 79.9. The van der Waals surface area contributed by atoms with Crippen LogP contribution in [0, 0.1) is 0 Å². The lowest BCUT2D eigenvalue weighted by Crippen LogP contribution is -2.39. The van der Waals surface area contributed by atoms with Gasteiger partial charge in [0.15, 0.2) is 6.61 Å². The first-order valence-electron chi connectivity index (χ1n) is 12.9. The van der Waals surface area contributed by atoms with Crippen molar-refractivity contribution in [3.63, 3.8) is 0 Å². The summed E-state index contributed by atoms with van der Waals surface area (Å²) in [4.78, 5) is 25.1. The molecule has 0 aliphatic rings. The standard InChI is InChI=1S/C31H29BrN4O5S/c1-23(25-9-4-2-5-10-25)34-31(38)22-41-28-17-15-24(16-18-28)20-33-35-30(37)21-36(27-12-8-11-26(32)19-27)42(39,40)29-13-6-3-7-14-29/h2-20,23H,21-22H2,1H3,(H,34,38)(H,35,37)/b33-20-/t23-/m1/s1. The molecule has 4 aromatic rings. The van der Waals surface area contributed by atoms with Gasteiger partial charge < -0.3 is 10.1 Å². The van der Waals surface area contributed by atoms with Gasteiger partial charge in [-0.3, -0.25) is 13.9 Å². The van der Waals surface area contributed by atoms with Crippen LogP contribution in [0.4, 0.5) is 5.69 Å². The maximum atomic E-state index is 13.4. The molecule has 0 aliphatic carbocycles. The Hall–Kier alpha value is -4.48. The average Bonchev–Trinajstić information content (AvgIpc) is 3.00. The van der Waals surface area contributed by atoms with Gasteiger partial charge in [-0.15, -0.1) is 0 Å². The van der Waals surface area contributed by atoms with Crippen molar-refractivity contribution in [2.45, 2.75) is 17.9 Å². The van der Waals surface area contributed by atoms with Crippen molar-refractivity contribution >= 4 is 49.7 Å². The van der Waals surface area contributed by atoms with Gasteiger partial charge in [-0.2, -0.15) is 5.10 Å². The lowest BCUT2D eigenvalue weighted by molar-refractivity contribution is -0.123. The molecule has 0 bridgehead atoms. The molecule has 0 spiro atoms. The molecule has 0 saturated carbocycles. The number of hydrogen-bond acceptors (Lipinski definition) is 6. The van der Waals surface area contributed by atoms with Crippen LogP contribution in [-0.2, 0) is 19.6 Å².